The second-order valence-electron chi connectivity index (χ2n) is 6.97. The van der Waals surface area contributed by atoms with Crippen molar-refractivity contribution in [3.05, 3.63) is 62.6 Å². The largest absolute Gasteiger partial charge is 0.355 e. The predicted octanol–water partition coefficient (Wildman–Crippen LogP) is 1.43. The van der Waals surface area contributed by atoms with Gasteiger partial charge >= 0.3 is 5.69 Å². The predicted molar refractivity (Wildman–Crippen MR) is 118 cm³/mol. The Morgan fingerprint density at radius 1 is 1.07 bits per heavy atom. The van der Waals surface area contributed by atoms with Crippen LogP contribution in [0.2, 0.25) is 0 Å². The van der Waals surface area contributed by atoms with Crippen LogP contribution in [0.25, 0.3) is 11.0 Å². The third-order valence-electron chi connectivity index (χ3n) is 4.71. The number of hydrogen-bond donors (Lipinski definition) is 1. The Kier molecular flexibility index (Phi) is 7.04. The van der Waals surface area contributed by atoms with Crippen LogP contribution in [0.1, 0.15) is 24.7 Å². The quantitative estimate of drug-likeness (QED) is 0.431. The van der Waals surface area contributed by atoms with Gasteiger partial charge in [0.1, 0.15) is 16.2 Å². The zero-order valence-corrected chi connectivity index (χ0v) is 18.2. The summed E-state index contributed by atoms with van der Waals surface area (Å²) in [6.07, 6.45) is 2.20. The Labute approximate surface area is 178 Å². The number of aryl methyl sites for hydroxylation is 2. The van der Waals surface area contributed by atoms with Crippen molar-refractivity contribution in [3.63, 3.8) is 0 Å². The summed E-state index contributed by atoms with van der Waals surface area (Å²) in [6.45, 7) is 2.54. The van der Waals surface area contributed by atoms with E-state index in [1.165, 1.54) is 23.4 Å². The van der Waals surface area contributed by atoms with E-state index < -0.39 is 11.2 Å². The minimum Gasteiger partial charge on any atom is -0.355 e. The van der Waals surface area contributed by atoms with Crippen LogP contribution in [0.3, 0.4) is 0 Å². The molecule has 1 aromatic carbocycles. The number of carbonyl (C=O) groups is 1. The van der Waals surface area contributed by atoms with Gasteiger partial charge < -0.3 is 5.32 Å². The maximum Gasteiger partial charge on any atom is 0.332 e. The lowest BCUT2D eigenvalue weighted by atomic mass is 10.1. The lowest BCUT2D eigenvalue weighted by Crippen LogP contribution is -2.38. The van der Waals surface area contributed by atoms with Crippen LogP contribution in [0, 0.1) is 0 Å². The summed E-state index contributed by atoms with van der Waals surface area (Å²) < 4.78 is 2.39. The summed E-state index contributed by atoms with van der Waals surface area (Å²) in [5.74, 6) is 0.542. The zero-order valence-electron chi connectivity index (χ0n) is 17.3. The lowest BCUT2D eigenvalue weighted by Gasteiger charge is -2.11. The highest BCUT2D eigenvalue weighted by Crippen LogP contribution is 2.22. The van der Waals surface area contributed by atoms with Crippen LogP contribution in [0.15, 0.2) is 44.9 Å². The fourth-order valence-corrected chi connectivity index (χ4v) is 3.95. The van der Waals surface area contributed by atoms with Gasteiger partial charge in [-0.25, -0.2) is 14.8 Å². The van der Waals surface area contributed by atoms with E-state index in [1.54, 1.807) is 7.05 Å². The highest BCUT2D eigenvalue weighted by atomic mass is 32.2. The van der Waals surface area contributed by atoms with Gasteiger partial charge in [-0.05, 0) is 18.4 Å². The van der Waals surface area contributed by atoms with Crippen molar-refractivity contribution in [1.29, 1.82) is 0 Å². The first-order valence-electron chi connectivity index (χ1n) is 9.82. The molecule has 3 rings (SSSR count). The van der Waals surface area contributed by atoms with Crippen LogP contribution in [0.5, 0.6) is 0 Å². The average molecular weight is 428 g/mol. The average Bonchev–Trinajstić information content (AvgIpc) is 2.75. The minimum atomic E-state index is -0.455. The number of fused-ring (bicyclic) bond motifs is 1. The van der Waals surface area contributed by atoms with Gasteiger partial charge in [0.15, 0.2) is 5.65 Å². The maximum atomic E-state index is 12.7. The van der Waals surface area contributed by atoms with Crippen LogP contribution in [-0.2, 0) is 31.7 Å². The summed E-state index contributed by atoms with van der Waals surface area (Å²) in [5.41, 5.74) is 0.556. The molecule has 0 unspecified atom stereocenters. The fourth-order valence-electron chi connectivity index (χ4n) is 3.09. The molecular weight excluding hydrogens is 402 g/mol. The summed E-state index contributed by atoms with van der Waals surface area (Å²) in [7, 11) is 3.01. The van der Waals surface area contributed by atoms with E-state index in [0.717, 1.165) is 23.0 Å². The topological polar surface area (TPSA) is 98.9 Å². The van der Waals surface area contributed by atoms with Crippen LogP contribution in [0.4, 0.5) is 0 Å². The van der Waals surface area contributed by atoms with Crippen molar-refractivity contribution in [2.75, 3.05) is 12.3 Å². The van der Waals surface area contributed by atoms with Gasteiger partial charge in [-0.3, -0.25) is 18.7 Å². The van der Waals surface area contributed by atoms with E-state index in [4.69, 9.17) is 0 Å². The Morgan fingerprint density at radius 2 is 1.80 bits per heavy atom. The van der Waals surface area contributed by atoms with Gasteiger partial charge in [0.2, 0.25) is 5.91 Å². The molecule has 3 aromatic rings. The van der Waals surface area contributed by atoms with Gasteiger partial charge in [0.05, 0.1) is 5.75 Å². The third-order valence-corrected chi connectivity index (χ3v) is 5.68. The molecule has 1 amide bonds. The molecule has 2 aromatic heterocycles. The third kappa shape index (κ3) is 4.79. The van der Waals surface area contributed by atoms with Gasteiger partial charge in [0.25, 0.3) is 5.56 Å². The van der Waals surface area contributed by atoms with E-state index in [9.17, 15) is 14.4 Å². The molecule has 0 radical (unpaired) electrons. The molecule has 8 nitrogen and oxygen atoms in total. The van der Waals surface area contributed by atoms with Crippen molar-refractivity contribution >= 4 is 28.7 Å². The number of aromatic nitrogens is 4. The number of nitrogens with zero attached hydrogens (tertiary/aromatic N) is 4. The smallest absolute Gasteiger partial charge is 0.332 e. The molecule has 0 bridgehead atoms. The van der Waals surface area contributed by atoms with Gasteiger partial charge in [-0.15, -0.1) is 0 Å². The van der Waals surface area contributed by atoms with Crippen molar-refractivity contribution < 1.29 is 4.79 Å². The molecule has 0 aliphatic heterocycles. The summed E-state index contributed by atoms with van der Waals surface area (Å²) in [5, 5.41) is 3.59. The molecule has 2 heterocycles. The first-order chi connectivity index (χ1) is 14.4. The molecule has 0 atom stereocenters. The lowest BCUT2D eigenvalue weighted by molar-refractivity contribution is -0.118. The van der Waals surface area contributed by atoms with E-state index in [-0.39, 0.29) is 17.0 Å². The van der Waals surface area contributed by atoms with Crippen molar-refractivity contribution in [2.45, 2.75) is 31.2 Å². The van der Waals surface area contributed by atoms with Gasteiger partial charge in [-0.2, -0.15) is 0 Å². The van der Waals surface area contributed by atoms with E-state index in [2.05, 4.69) is 15.3 Å². The number of benzene rings is 1. The summed E-state index contributed by atoms with van der Waals surface area (Å²) in [4.78, 5) is 46.2. The Balaban J connectivity index is 1.79. The van der Waals surface area contributed by atoms with Crippen molar-refractivity contribution in [3.8, 4) is 0 Å². The maximum absolute atomic E-state index is 12.7. The Hall–Kier alpha value is -2.94. The van der Waals surface area contributed by atoms with Gasteiger partial charge in [-0.1, -0.05) is 49.0 Å². The SMILES string of the molecule is CCCc1nc(SCC(=O)NCCc2ccccc2)c2c(=O)n(C)c(=O)n(C)c2n1. The van der Waals surface area contributed by atoms with E-state index in [1.807, 2.05) is 37.3 Å². The Bertz CT molecular complexity index is 1170. The number of hydrogen-bond acceptors (Lipinski definition) is 6. The van der Waals surface area contributed by atoms with Crippen molar-refractivity contribution in [2.24, 2.45) is 14.1 Å². The molecule has 9 heteroatoms. The molecule has 0 aliphatic carbocycles. The molecule has 30 heavy (non-hydrogen) atoms. The fraction of sp³-hybridized carbons (Fsp3) is 0.381. The second kappa shape index (κ2) is 9.71. The second-order valence-corrected chi connectivity index (χ2v) is 7.94. The van der Waals surface area contributed by atoms with Gasteiger partial charge in [0, 0.05) is 27.1 Å². The molecule has 1 N–H and O–H groups in total. The molecule has 0 saturated heterocycles. The standard InChI is InChI=1S/C21H25N5O3S/c1-4-8-15-23-18-17(20(28)26(3)21(29)25(18)2)19(24-15)30-13-16(27)22-12-11-14-9-6-5-7-10-14/h5-7,9-10H,4,8,11-13H2,1-3H3,(H,22,27). The Morgan fingerprint density at radius 3 is 2.50 bits per heavy atom. The molecule has 0 aliphatic rings. The molecule has 0 fully saturated rings. The highest BCUT2D eigenvalue weighted by Gasteiger charge is 2.18. The molecule has 0 spiro atoms. The summed E-state index contributed by atoms with van der Waals surface area (Å²) >= 11 is 1.19. The van der Waals surface area contributed by atoms with Crippen LogP contribution >= 0.6 is 11.8 Å². The first-order valence-corrected chi connectivity index (χ1v) is 10.8. The minimum absolute atomic E-state index is 0.123. The highest BCUT2D eigenvalue weighted by molar-refractivity contribution is 8.00. The van der Waals surface area contributed by atoms with Crippen LogP contribution < -0.4 is 16.6 Å². The molecule has 158 valence electrons. The molecular formula is C21H25N5O3S. The van der Waals surface area contributed by atoms with Crippen molar-refractivity contribution in [1.82, 2.24) is 24.4 Å². The van der Waals surface area contributed by atoms with E-state index >= 15 is 0 Å². The number of thioether (sulfide) groups is 1. The van der Waals surface area contributed by atoms with E-state index in [0.29, 0.717) is 29.5 Å². The number of amides is 1. The number of carbonyl (C=O) groups excluding carboxylic acids is 1. The monoisotopic (exact) mass is 427 g/mol. The zero-order chi connectivity index (χ0) is 21.7. The normalized spacial score (nSPS) is 11.0. The first kappa shape index (κ1) is 21.8. The summed E-state index contributed by atoms with van der Waals surface area (Å²) in [6, 6.07) is 9.92. The number of rotatable bonds is 8. The molecule has 0 saturated carbocycles. The van der Waals surface area contributed by atoms with Crippen LogP contribution in [-0.4, -0.2) is 37.3 Å². The number of nitrogens with one attached hydrogen (secondary N) is 1.